The molecule has 40 heavy (non-hydrogen) atoms. The van der Waals surface area contributed by atoms with Crippen LogP contribution < -0.4 is 15.4 Å². The van der Waals surface area contributed by atoms with Crippen molar-refractivity contribution in [2.24, 2.45) is 5.41 Å². The number of halogens is 1. The minimum absolute atomic E-state index is 0.0560. The standard InChI is InChI=1S/C31H36ClN5O3/c1-31(2,30(39)33-3)19-37-13-11-36(12-14-37)18-20-15-22(6-10-28(20)38)34-29-24-8-5-21(32)16-27(24)35-26-9-7-23(40-4)17-25(26)29/h5-10,15-17,38H,11-14,18-19H2,1-4H3,(H,33,39)(H,34,35). The number of rotatable bonds is 8. The molecule has 1 aromatic heterocycles. The molecule has 0 saturated carbocycles. The second-order valence-corrected chi connectivity index (χ2v) is 11.5. The summed E-state index contributed by atoms with van der Waals surface area (Å²) in [6.45, 7) is 8.78. The summed E-state index contributed by atoms with van der Waals surface area (Å²) in [7, 11) is 3.33. The van der Waals surface area contributed by atoms with Crippen LogP contribution in [0.3, 0.4) is 0 Å². The van der Waals surface area contributed by atoms with E-state index in [1.807, 2.05) is 62.4 Å². The van der Waals surface area contributed by atoms with Crippen LogP contribution in [0.5, 0.6) is 11.5 Å². The van der Waals surface area contributed by atoms with Gasteiger partial charge in [0.05, 0.1) is 29.2 Å². The summed E-state index contributed by atoms with van der Waals surface area (Å²) in [5, 5.41) is 19.6. The summed E-state index contributed by atoms with van der Waals surface area (Å²) in [6.07, 6.45) is 0. The van der Waals surface area contributed by atoms with Crippen LogP contribution in [-0.2, 0) is 11.3 Å². The third kappa shape index (κ3) is 5.94. The van der Waals surface area contributed by atoms with E-state index in [0.29, 0.717) is 11.6 Å². The van der Waals surface area contributed by atoms with Crippen LogP contribution >= 0.6 is 11.6 Å². The molecular formula is C31H36ClN5O3. The molecule has 1 aliphatic rings. The topological polar surface area (TPSA) is 90.0 Å². The predicted molar refractivity (Wildman–Crippen MR) is 162 cm³/mol. The first kappa shape index (κ1) is 28.0. The molecule has 1 fully saturated rings. The lowest BCUT2D eigenvalue weighted by Gasteiger charge is -2.38. The molecule has 2 heterocycles. The van der Waals surface area contributed by atoms with Gasteiger partial charge in [0.15, 0.2) is 0 Å². The zero-order valence-electron chi connectivity index (χ0n) is 23.4. The van der Waals surface area contributed by atoms with Gasteiger partial charge in [-0.2, -0.15) is 0 Å². The number of phenolic OH excluding ortho intramolecular Hbond substituents is 1. The van der Waals surface area contributed by atoms with Gasteiger partial charge >= 0.3 is 0 Å². The van der Waals surface area contributed by atoms with Crippen LogP contribution in [0.2, 0.25) is 5.02 Å². The van der Waals surface area contributed by atoms with E-state index < -0.39 is 5.41 Å². The van der Waals surface area contributed by atoms with Gasteiger partial charge in [0, 0.05) is 73.4 Å². The van der Waals surface area contributed by atoms with E-state index in [1.165, 1.54) is 0 Å². The van der Waals surface area contributed by atoms with Crippen molar-refractivity contribution in [2.45, 2.75) is 20.4 Å². The third-order valence-corrected chi connectivity index (χ3v) is 7.85. The molecule has 9 heteroatoms. The Labute approximate surface area is 239 Å². The van der Waals surface area contributed by atoms with Gasteiger partial charge in [-0.15, -0.1) is 0 Å². The largest absolute Gasteiger partial charge is 0.508 e. The normalized spacial score (nSPS) is 14.9. The highest BCUT2D eigenvalue weighted by Crippen LogP contribution is 2.37. The van der Waals surface area contributed by atoms with Crippen molar-refractivity contribution in [3.8, 4) is 11.5 Å². The number of ether oxygens (including phenoxy) is 1. The summed E-state index contributed by atoms with van der Waals surface area (Å²) in [5.41, 5.74) is 3.81. The molecule has 4 aromatic rings. The number of methoxy groups -OCH3 is 1. The Morgan fingerprint density at radius 2 is 1.75 bits per heavy atom. The molecule has 0 unspecified atom stereocenters. The van der Waals surface area contributed by atoms with E-state index in [2.05, 4.69) is 20.4 Å². The number of pyridine rings is 1. The van der Waals surface area contributed by atoms with Crippen molar-refractivity contribution in [2.75, 3.05) is 52.2 Å². The lowest BCUT2D eigenvalue weighted by atomic mass is 9.91. The fraction of sp³-hybridized carbons (Fsp3) is 0.355. The Balaban J connectivity index is 1.36. The van der Waals surface area contributed by atoms with Crippen molar-refractivity contribution in [3.05, 3.63) is 65.2 Å². The van der Waals surface area contributed by atoms with Crippen LogP contribution in [-0.4, -0.2) is 72.7 Å². The number of anilines is 2. The van der Waals surface area contributed by atoms with Crippen LogP contribution in [0, 0.1) is 5.41 Å². The fourth-order valence-corrected chi connectivity index (χ4v) is 5.57. The molecule has 1 aliphatic heterocycles. The van der Waals surface area contributed by atoms with Crippen LogP contribution in [0.4, 0.5) is 11.4 Å². The highest BCUT2D eigenvalue weighted by Gasteiger charge is 2.30. The first-order valence-electron chi connectivity index (χ1n) is 13.5. The Kier molecular flexibility index (Phi) is 8.03. The fourth-order valence-electron chi connectivity index (χ4n) is 5.41. The third-order valence-electron chi connectivity index (χ3n) is 7.61. The van der Waals surface area contributed by atoms with Crippen molar-refractivity contribution in [1.29, 1.82) is 0 Å². The molecule has 1 amide bonds. The molecule has 0 bridgehead atoms. The Morgan fingerprint density at radius 3 is 2.48 bits per heavy atom. The van der Waals surface area contributed by atoms with Gasteiger partial charge in [0.25, 0.3) is 0 Å². The van der Waals surface area contributed by atoms with E-state index in [0.717, 1.165) is 77.2 Å². The number of nitrogens with one attached hydrogen (secondary N) is 2. The quantitative estimate of drug-likeness (QED) is 0.196. The van der Waals surface area contributed by atoms with E-state index in [4.69, 9.17) is 21.3 Å². The number of aromatic hydroxyl groups is 1. The van der Waals surface area contributed by atoms with Gasteiger partial charge in [-0.25, -0.2) is 4.98 Å². The van der Waals surface area contributed by atoms with E-state index >= 15 is 0 Å². The number of carbonyl (C=O) groups excluding carboxylic acids is 1. The van der Waals surface area contributed by atoms with Crippen LogP contribution in [0.1, 0.15) is 19.4 Å². The second kappa shape index (κ2) is 11.5. The highest BCUT2D eigenvalue weighted by molar-refractivity contribution is 6.31. The molecule has 0 radical (unpaired) electrons. The van der Waals surface area contributed by atoms with Crippen LogP contribution in [0.25, 0.3) is 21.8 Å². The smallest absolute Gasteiger partial charge is 0.226 e. The molecule has 1 saturated heterocycles. The molecule has 0 spiro atoms. The van der Waals surface area contributed by atoms with Crippen molar-refractivity contribution in [1.82, 2.24) is 20.1 Å². The Bertz CT molecular complexity index is 1550. The lowest BCUT2D eigenvalue weighted by molar-refractivity contribution is -0.130. The Morgan fingerprint density at radius 1 is 1.00 bits per heavy atom. The first-order valence-corrected chi connectivity index (χ1v) is 13.9. The van der Waals surface area contributed by atoms with Crippen molar-refractivity contribution < 1.29 is 14.6 Å². The molecule has 8 nitrogen and oxygen atoms in total. The maximum Gasteiger partial charge on any atom is 0.226 e. The van der Waals surface area contributed by atoms with Crippen LogP contribution in [0.15, 0.2) is 54.6 Å². The first-order chi connectivity index (χ1) is 19.2. The lowest BCUT2D eigenvalue weighted by Crippen LogP contribution is -2.51. The Hall–Kier alpha value is -3.59. The number of carbonyl (C=O) groups is 1. The maximum atomic E-state index is 12.2. The number of piperazine rings is 1. The number of aromatic nitrogens is 1. The molecule has 3 N–H and O–H groups in total. The molecule has 0 atom stereocenters. The number of fused-ring (bicyclic) bond motifs is 2. The van der Waals surface area contributed by atoms with Crippen molar-refractivity contribution in [3.63, 3.8) is 0 Å². The van der Waals surface area contributed by atoms with Gasteiger partial charge in [0.2, 0.25) is 5.91 Å². The molecule has 210 valence electrons. The number of nitrogens with zero attached hydrogens (tertiary/aromatic N) is 3. The number of phenols is 1. The van der Waals surface area contributed by atoms with E-state index in [9.17, 15) is 9.90 Å². The minimum Gasteiger partial charge on any atom is -0.508 e. The summed E-state index contributed by atoms with van der Waals surface area (Å²) in [5.74, 6) is 1.07. The SMILES string of the molecule is CNC(=O)C(C)(C)CN1CCN(Cc2cc(Nc3c4ccc(Cl)cc4nc4ccc(OC)cc34)ccc2O)CC1. The number of hydrogen-bond donors (Lipinski definition) is 3. The van der Waals surface area contributed by atoms with Gasteiger partial charge in [-0.3, -0.25) is 14.6 Å². The number of amides is 1. The highest BCUT2D eigenvalue weighted by atomic mass is 35.5. The molecular weight excluding hydrogens is 526 g/mol. The van der Waals surface area contributed by atoms with Crippen molar-refractivity contribution >= 4 is 50.7 Å². The summed E-state index contributed by atoms with van der Waals surface area (Å²) < 4.78 is 5.49. The zero-order chi connectivity index (χ0) is 28.4. The number of hydrogen-bond acceptors (Lipinski definition) is 7. The number of benzene rings is 3. The van der Waals surface area contributed by atoms with E-state index in [1.54, 1.807) is 20.2 Å². The monoisotopic (exact) mass is 561 g/mol. The summed E-state index contributed by atoms with van der Waals surface area (Å²) in [4.78, 5) is 21.7. The average Bonchev–Trinajstić information content (AvgIpc) is 2.94. The predicted octanol–water partition coefficient (Wildman–Crippen LogP) is 5.39. The molecule has 3 aromatic carbocycles. The van der Waals surface area contributed by atoms with Gasteiger partial charge in [-0.05, 0) is 68.4 Å². The maximum absolute atomic E-state index is 12.2. The van der Waals surface area contributed by atoms with Gasteiger partial charge < -0.3 is 20.5 Å². The molecule has 5 rings (SSSR count). The zero-order valence-corrected chi connectivity index (χ0v) is 24.2. The summed E-state index contributed by atoms with van der Waals surface area (Å²) in [6, 6.07) is 17.1. The summed E-state index contributed by atoms with van der Waals surface area (Å²) >= 11 is 6.29. The van der Waals surface area contributed by atoms with Gasteiger partial charge in [-0.1, -0.05) is 11.6 Å². The van der Waals surface area contributed by atoms with Gasteiger partial charge in [0.1, 0.15) is 11.5 Å². The average molecular weight is 562 g/mol. The minimum atomic E-state index is -0.439. The molecule has 0 aliphatic carbocycles. The van der Waals surface area contributed by atoms with E-state index in [-0.39, 0.29) is 11.7 Å². The second-order valence-electron chi connectivity index (χ2n) is 11.0.